The fourth-order valence-corrected chi connectivity index (χ4v) is 3.31. The molecule has 3 N–H and O–H groups in total. The molecule has 0 rings (SSSR count). The van der Waals surface area contributed by atoms with Crippen molar-refractivity contribution in [1.29, 1.82) is 0 Å². The molecule has 4 nitrogen and oxygen atoms in total. The molecule has 0 amide bonds. The van der Waals surface area contributed by atoms with Crippen LogP contribution in [0.25, 0.3) is 0 Å². The molecule has 26 heavy (non-hydrogen) atoms. The van der Waals surface area contributed by atoms with E-state index in [1.54, 1.807) is 0 Å². The number of aliphatic carboxylic acids is 1. The van der Waals surface area contributed by atoms with Gasteiger partial charge < -0.3 is 15.7 Å². The van der Waals surface area contributed by atoms with Crippen molar-refractivity contribution >= 4 is 5.97 Å². The van der Waals surface area contributed by atoms with E-state index in [9.17, 15) is 4.79 Å². The van der Waals surface area contributed by atoms with Crippen LogP contribution in [0.1, 0.15) is 110 Å². The summed E-state index contributed by atoms with van der Waals surface area (Å²) >= 11 is 0. The van der Waals surface area contributed by atoms with Gasteiger partial charge in [0.1, 0.15) is 0 Å². The zero-order valence-corrected chi connectivity index (χ0v) is 17.7. The highest BCUT2D eigenvalue weighted by Crippen LogP contribution is 2.13. The molecular weight excluding hydrogens is 324 g/mol. The van der Waals surface area contributed by atoms with Gasteiger partial charge in [0.15, 0.2) is 0 Å². The summed E-state index contributed by atoms with van der Waals surface area (Å²) in [7, 11) is 0. The normalized spacial score (nSPS) is 12.4. The number of carboxylic acids is 1. The monoisotopic (exact) mass is 370 g/mol. The van der Waals surface area contributed by atoms with Gasteiger partial charge in [0.2, 0.25) is 0 Å². The Morgan fingerprint density at radius 3 is 1.62 bits per heavy atom. The van der Waals surface area contributed by atoms with Gasteiger partial charge in [0.25, 0.3) is 0 Å². The van der Waals surface area contributed by atoms with Crippen LogP contribution in [0.2, 0.25) is 0 Å². The first-order valence-electron chi connectivity index (χ1n) is 11.3. The van der Waals surface area contributed by atoms with E-state index >= 15 is 0 Å². The first kappa shape index (κ1) is 25.4. The molecule has 0 spiro atoms. The summed E-state index contributed by atoms with van der Waals surface area (Å²) in [6.07, 6.45) is 20.9. The number of rotatable bonds is 21. The second-order valence-corrected chi connectivity index (χ2v) is 7.83. The highest BCUT2D eigenvalue weighted by molar-refractivity contribution is 5.68. The van der Waals surface area contributed by atoms with Gasteiger partial charge in [0.05, 0.1) is 6.54 Å². The van der Waals surface area contributed by atoms with Crippen LogP contribution in [-0.2, 0) is 4.79 Å². The number of carboxylic acid groups (broad SMARTS) is 1. The molecule has 0 saturated carbocycles. The fourth-order valence-electron chi connectivity index (χ4n) is 3.31. The molecule has 1 unspecified atom stereocenters. The first-order chi connectivity index (χ1) is 12.7. The van der Waals surface area contributed by atoms with Crippen LogP contribution in [0.3, 0.4) is 0 Å². The van der Waals surface area contributed by atoms with E-state index in [-0.39, 0.29) is 6.54 Å². The number of carbonyl (C=O) groups is 1. The van der Waals surface area contributed by atoms with Gasteiger partial charge in [-0.05, 0) is 19.9 Å². The Balaban J connectivity index is 3.10. The predicted molar refractivity (Wildman–Crippen MR) is 113 cm³/mol. The van der Waals surface area contributed by atoms with Crippen molar-refractivity contribution in [3.63, 3.8) is 0 Å². The van der Waals surface area contributed by atoms with E-state index in [1.807, 2.05) is 0 Å². The molecule has 0 radical (unpaired) electrons. The molecule has 0 aliphatic rings. The average Bonchev–Trinajstić information content (AvgIpc) is 2.61. The molecule has 0 bridgehead atoms. The van der Waals surface area contributed by atoms with Crippen LogP contribution in [0.15, 0.2) is 0 Å². The molecule has 4 heteroatoms. The molecule has 0 aromatic rings. The zero-order valence-electron chi connectivity index (χ0n) is 17.7. The molecule has 0 aliphatic carbocycles. The lowest BCUT2D eigenvalue weighted by Gasteiger charge is -2.13. The molecule has 0 fully saturated rings. The summed E-state index contributed by atoms with van der Waals surface area (Å²) in [5, 5.41) is 14.9. The van der Waals surface area contributed by atoms with Crippen LogP contribution < -0.4 is 10.6 Å². The lowest BCUT2D eigenvalue weighted by atomic mass is 10.0. The Morgan fingerprint density at radius 2 is 1.19 bits per heavy atom. The van der Waals surface area contributed by atoms with E-state index in [0.717, 1.165) is 6.54 Å². The lowest BCUT2D eigenvalue weighted by molar-refractivity contribution is -0.135. The SMILES string of the molecule is CCCCCCCCCCCCCCCCCNC(C)CNCC(=O)O. The van der Waals surface area contributed by atoms with Crippen LogP contribution in [-0.4, -0.2) is 36.8 Å². The smallest absolute Gasteiger partial charge is 0.317 e. The Kier molecular flexibility index (Phi) is 20.2. The van der Waals surface area contributed by atoms with Crippen molar-refractivity contribution in [3.05, 3.63) is 0 Å². The fraction of sp³-hybridized carbons (Fsp3) is 0.955. The first-order valence-corrected chi connectivity index (χ1v) is 11.3. The van der Waals surface area contributed by atoms with Crippen molar-refractivity contribution in [2.75, 3.05) is 19.6 Å². The molecule has 0 aliphatic heterocycles. The Hall–Kier alpha value is -0.610. The maximum absolute atomic E-state index is 10.4. The third kappa shape index (κ3) is 21.4. The molecular formula is C22H46N2O2. The summed E-state index contributed by atoms with van der Waals surface area (Å²) in [5.74, 6) is -0.792. The molecule has 1 atom stereocenters. The van der Waals surface area contributed by atoms with Gasteiger partial charge in [-0.2, -0.15) is 0 Å². The quantitative estimate of drug-likeness (QED) is 0.233. The van der Waals surface area contributed by atoms with Gasteiger partial charge in [-0.15, -0.1) is 0 Å². The molecule has 0 saturated heterocycles. The summed E-state index contributed by atoms with van der Waals surface area (Å²) in [4.78, 5) is 10.4. The summed E-state index contributed by atoms with van der Waals surface area (Å²) < 4.78 is 0. The van der Waals surface area contributed by atoms with Gasteiger partial charge in [-0.3, -0.25) is 4.79 Å². The van der Waals surface area contributed by atoms with E-state index in [4.69, 9.17) is 5.11 Å². The average molecular weight is 371 g/mol. The van der Waals surface area contributed by atoms with Crippen molar-refractivity contribution in [3.8, 4) is 0 Å². The second-order valence-electron chi connectivity index (χ2n) is 7.83. The zero-order chi connectivity index (χ0) is 19.3. The Labute approximate surface area is 162 Å². The van der Waals surface area contributed by atoms with Crippen molar-refractivity contribution in [2.24, 2.45) is 0 Å². The van der Waals surface area contributed by atoms with Gasteiger partial charge in [-0.1, -0.05) is 96.8 Å². The molecule has 0 aromatic heterocycles. The minimum absolute atomic E-state index is 0.0466. The van der Waals surface area contributed by atoms with E-state index < -0.39 is 5.97 Å². The van der Waals surface area contributed by atoms with E-state index in [2.05, 4.69) is 24.5 Å². The molecule has 0 heterocycles. The largest absolute Gasteiger partial charge is 0.480 e. The predicted octanol–water partition coefficient (Wildman–Crippen LogP) is 5.51. The maximum atomic E-state index is 10.4. The topological polar surface area (TPSA) is 61.4 Å². The number of unbranched alkanes of at least 4 members (excludes halogenated alkanes) is 14. The third-order valence-corrected chi connectivity index (χ3v) is 5.00. The molecule has 0 aromatic carbocycles. The standard InChI is InChI=1S/C22H46N2O2/c1-3-4-5-6-7-8-9-10-11-12-13-14-15-16-17-18-24-21(2)19-23-20-22(25)26/h21,23-24H,3-20H2,1-2H3,(H,25,26). The highest BCUT2D eigenvalue weighted by Gasteiger charge is 2.02. The van der Waals surface area contributed by atoms with Crippen LogP contribution in [0.4, 0.5) is 0 Å². The summed E-state index contributed by atoms with van der Waals surface area (Å²) in [5.41, 5.74) is 0. The van der Waals surface area contributed by atoms with Crippen molar-refractivity contribution in [2.45, 2.75) is 116 Å². The Bertz CT molecular complexity index is 298. The van der Waals surface area contributed by atoms with Crippen molar-refractivity contribution in [1.82, 2.24) is 10.6 Å². The third-order valence-electron chi connectivity index (χ3n) is 5.00. The maximum Gasteiger partial charge on any atom is 0.317 e. The second kappa shape index (κ2) is 20.7. The van der Waals surface area contributed by atoms with Gasteiger partial charge in [0, 0.05) is 12.6 Å². The minimum atomic E-state index is -0.792. The van der Waals surface area contributed by atoms with Crippen LogP contribution >= 0.6 is 0 Å². The number of hydrogen-bond acceptors (Lipinski definition) is 3. The van der Waals surface area contributed by atoms with Gasteiger partial charge in [-0.25, -0.2) is 0 Å². The molecule has 156 valence electrons. The number of hydrogen-bond donors (Lipinski definition) is 3. The van der Waals surface area contributed by atoms with Crippen LogP contribution in [0, 0.1) is 0 Å². The minimum Gasteiger partial charge on any atom is -0.480 e. The van der Waals surface area contributed by atoms with Crippen molar-refractivity contribution < 1.29 is 9.90 Å². The highest BCUT2D eigenvalue weighted by atomic mass is 16.4. The summed E-state index contributed by atoms with van der Waals surface area (Å²) in [6, 6.07) is 0.334. The number of nitrogens with one attached hydrogen (secondary N) is 2. The van der Waals surface area contributed by atoms with Crippen LogP contribution in [0.5, 0.6) is 0 Å². The van der Waals surface area contributed by atoms with E-state index in [1.165, 1.54) is 96.3 Å². The lowest BCUT2D eigenvalue weighted by Crippen LogP contribution is -2.38. The summed E-state index contributed by atoms with van der Waals surface area (Å²) in [6.45, 7) is 6.17. The van der Waals surface area contributed by atoms with E-state index in [0.29, 0.717) is 12.6 Å². The van der Waals surface area contributed by atoms with Gasteiger partial charge >= 0.3 is 5.97 Å². The Morgan fingerprint density at radius 1 is 0.769 bits per heavy atom.